The van der Waals surface area contributed by atoms with E-state index in [9.17, 15) is 4.79 Å². The lowest BCUT2D eigenvalue weighted by molar-refractivity contribution is 0.102. The summed E-state index contributed by atoms with van der Waals surface area (Å²) in [5, 5.41) is 8.49. The molecule has 0 bridgehead atoms. The lowest BCUT2D eigenvalue weighted by Gasteiger charge is -2.09. The molecule has 26 heavy (non-hydrogen) atoms. The molecule has 0 N–H and O–H groups in total. The van der Waals surface area contributed by atoms with Crippen LogP contribution >= 0.6 is 11.8 Å². The number of nitrogens with zero attached hydrogens (tertiary/aromatic N) is 2. The molecule has 0 radical (unpaired) electrons. The zero-order valence-corrected chi connectivity index (χ0v) is 16.0. The van der Waals surface area contributed by atoms with Crippen LogP contribution in [0.25, 0.3) is 11.5 Å². The first-order valence-corrected chi connectivity index (χ1v) is 9.72. The Morgan fingerprint density at radius 1 is 1.08 bits per heavy atom. The fourth-order valence-corrected chi connectivity index (χ4v) is 3.18. The summed E-state index contributed by atoms with van der Waals surface area (Å²) in [6.07, 6.45) is 1.09. The van der Waals surface area contributed by atoms with Crippen LogP contribution in [0, 0.1) is 6.92 Å². The molecule has 1 heterocycles. The number of rotatable bonds is 7. The van der Waals surface area contributed by atoms with Gasteiger partial charge in [0.15, 0.2) is 5.78 Å². The van der Waals surface area contributed by atoms with Crippen molar-refractivity contribution in [2.75, 3.05) is 5.75 Å². The van der Waals surface area contributed by atoms with Gasteiger partial charge in [-0.25, -0.2) is 0 Å². The maximum Gasteiger partial charge on any atom is 0.277 e. The molecule has 0 fully saturated rings. The summed E-state index contributed by atoms with van der Waals surface area (Å²) < 4.78 is 5.65. The van der Waals surface area contributed by atoms with Crippen LogP contribution in [0.3, 0.4) is 0 Å². The van der Waals surface area contributed by atoms with Crippen molar-refractivity contribution in [3.05, 3.63) is 65.2 Å². The van der Waals surface area contributed by atoms with E-state index in [0.29, 0.717) is 22.6 Å². The largest absolute Gasteiger partial charge is 0.411 e. The second-order valence-corrected chi connectivity index (χ2v) is 7.31. The smallest absolute Gasteiger partial charge is 0.277 e. The van der Waals surface area contributed by atoms with Crippen molar-refractivity contribution in [3.8, 4) is 11.5 Å². The molecule has 0 aliphatic rings. The number of carbonyl (C=O) groups is 1. The minimum absolute atomic E-state index is 0.0563. The average molecular weight is 366 g/mol. The van der Waals surface area contributed by atoms with Gasteiger partial charge in [0.25, 0.3) is 5.22 Å². The predicted octanol–water partition coefficient (Wildman–Crippen LogP) is 5.53. The highest BCUT2D eigenvalue weighted by Crippen LogP contribution is 2.24. The molecule has 0 amide bonds. The standard InChI is InChI=1S/C21H22N2O2S/c1-4-15(3)16-9-11-17(12-10-16)19(24)13-26-21-23-22-20(25-21)18-7-5-14(2)6-8-18/h5-12,15H,4,13H2,1-3H3/t15-/m1/s1. The van der Waals surface area contributed by atoms with Crippen molar-refractivity contribution in [2.45, 2.75) is 38.3 Å². The third kappa shape index (κ3) is 4.41. The zero-order valence-electron chi connectivity index (χ0n) is 15.2. The van der Waals surface area contributed by atoms with Crippen LogP contribution < -0.4 is 0 Å². The van der Waals surface area contributed by atoms with E-state index in [4.69, 9.17) is 4.42 Å². The highest BCUT2D eigenvalue weighted by atomic mass is 32.2. The molecule has 134 valence electrons. The van der Waals surface area contributed by atoms with E-state index in [1.54, 1.807) is 0 Å². The van der Waals surface area contributed by atoms with Gasteiger partial charge in [0.1, 0.15) is 0 Å². The molecular formula is C21H22N2O2S. The van der Waals surface area contributed by atoms with Crippen molar-refractivity contribution in [3.63, 3.8) is 0 Å². The van der Waals surface area contributed by atoms with E-state index < -0.39 is 0 Å². The van der Waals surface area contributed by atoms with Gasteiger partial charge < -0.3 is 4.42 Å². The average Bonchev–Trinajstić information content (AvgIpc) is 3.15. The summed E-state index contributed by atoms with van der Waals surface area (Å²) in [7, 11) is 0. The van der Waals surface area contributed by atoms with Crippen LogP contribution in [-0.2, 0) is 0 Å². The van der Waals surface area contributed by atoms with Gasteiger partial charge in [-0.2, -0.15) is 0 Å². The Bertz CT molecular complexity index is 870. The van der Waals surface area contributed by atoms with Gasteiger partial charge in [0, 0.05) is 11.1 Å². The number of aromatic nitrogens is 2. The van der Waals surface area contributed by atoms with Gasteiger partial charge in [0.2, 0.25) is 5.89 Å². The van der Waals surface area contributed by atoms with E-state index in [0.717, 1.165) is 12.0 Å². The Morgan fingerprint density at radius 2 is 1.77 bits per heavy atom. The summed E-state index contributed by atoms with van der Waals surface area (Å²) in [4.78, 5) is 12.4. The molecule has 3 aromatic rings. The number of ketones is 1. The number of hydrogen-bond donors (Lipinski definition) is 0. The Labute approximate surface area is 158 Å². The third-order valence-corrected chi connectivity index (χ3v) is 5.26. The number of Topliss-reactive ketones (excluding diaryl/α,β-unsaturated/α-hetero) is 1. The predicted molar refractivity (Wildman–Crippen MR) is 105 cm³/mol. The van der Waals surface area contributed by atoms with Crippen LogP contribution in [0.2, 0.25) is 0 Å². The minimum Gasteiger partial charge on any atom is -0.411 e. The van der Waals surface area contributed by atoms with E-state index in [2.05, 4.69) is 24.0 Å². The second kappa shape index (κ2) is 8.32. The normalized spacial score (nSPS) is 12.1. The van der Waals surface area contributed by atoms with E-state index >= 15 is 0 Å². The first-order valence-electron chi connectivity index (χ1n) is 8.73. The van der Waals surface area contributed by atoms with E-state index in [1.165, 1.54) is 22.9 Å². The molecule has 2 aromatic carbocycles. The van der Waals surface area contributed by atoms with Crippen molar-refractivity contribution < 1.29 is 9.21 Å². The van der Waals surface area contributed by atoms with Crippen molar-refractivity contribution in [1.82, 2.24) is 10.2 Å². The fourth-order valence-electron chi connectivity index (χ4n) is 2.52. The lowest BCUT2D eigenvalue weighted by atomic mass is 9.97. The first kappa shape index (κ1) is 18.4. The molecule has 1 atom stereocenters. The Morgan fingerprint density at radius 3 is 2.42 bits per heavy atom. The molecule has 0 unspecified atom stereocenters. The van der Waals surface area contributed by atoms with Crippen LogP contribution in [0.5, 0.6) is 0 Å². The number of benzene rings is 2. The molecule has 0 saturated carbocycles. The molecule has 0 aliphatic carbocycles. The van der Waals surface area contributed by atoms with Crippen LogP contribution in [0.15, 0.2) is 58.2 Å². The van der Waals surface area contributed by atoms with Crippen molar-refractivity contribution in [2.24, 2.45) is 0 Å². The van der Waals surface area contributed by atoms with Gasteiger partial charge in [-0.3, -0.25) is 4.79 Å². The highest BCUT2D eigenvalue weighted by molar-refractivity contribution is 7.99. The minimum atomic E-state index is 0.0563. The first-order chi connectivity index (χ1) is 12.6. The summed E-state index contributed by atoms with van der Waals surface area (Å²) in [6.45, 7) is 6.38. The summed E-state index contributed by atoms with van der Waals surface area (Å²) >= 11 is 1.27. The zero-order chi connectivity index (χ0) is 18.5. The third-order valence-electron chi connectivity index (χ3n) is 4.45. The molecule has 1 aromatic heterocycles. The number of hydrogen-bond acceptors (Lipinski definition) is 5. The van der Waals surface area contributed by atoms with Gasteiger partial charge in [-0.15, -0.1) is 10.2 Å². The Balaban J connectivity index is 1.60. The fraction of sp³-hybridized carbons (Fsp3) is 0.286. The maximum absolute atomic E-state index is 12.4. The molecule has 4 nitrogen and oxygen atoms in total. The molecular weight excluding hydrogens is 344 g/mol. The van der Waals surface area contributed by atoms with E-state index in [-0.39, 0.29) is 11.5 Å². The van der Waals surface area contributed by atoms with Gasteiger partial charge in [0.05, 0.1) is 5.75 Å². The van der Waals surface area contributed by atoms with Gasteiger partial charge in [-0.1, -0.05) is 67.6 Å². The molecule has 5 heteroatoms. The molecule has 0 saturated heterocycles. The number of carbonyl (C=O) groups excluding carboxylic acids is 1. The Kier molecular flexibility index (Phi) is 5.89. The SMILES string of the molecule is CC[C@@H](C)c1ccc(C(=O)CSc2nnc(-c3ccc(C)cc3)o2)cc1. The van der Waals surface area contributed by atoms with Gasteiger partial charge >= 0.3 is 0 Å². The second-order valence-electron chi connectivity index (χ2n) is 6.38. The van der Waals surface area contributed by atoms with Gasteiger partial charge in [-0.05, 0) is 37.0 Å². The lowest BCUT2D eigenvalue weighted by Crippen LogP contribution is -2.03. The molecule has 3 rings (SSSR count). The quantitative estimate of drug-likeness (QED) is 0.406. The Hall–Kier alpha value is -2.40. The molecule has 0 aliphatic heterocycles. The van der Waals surface area contributed by atoms with Crippen molar-refractivity contribution in [1.29, 1.82) is 0 Å². The van der Waals surface area contributed by atoms with Crippen LogP contribution in [0.1, 0.15) is 47.7 Å². The maximum atomic E-state index is 12.4. The summed E-state index contributed by atoms with van der Waals surface area (Å²) in [5.74, 6) is 1.31. The monoisotopic (exact) mass is 366 g/mol. The number of aryl methyl sites for hydroxylation is 1. The topological polar surface area (TPSA) is 56.0 Å². The highest BCUT2D eigenvalue weighted by Gasteiger charge is 2.13. The van der Waals surface area contributed by atoms with Crippen LogP contribution in [0.4, 0.5) is 0 Å². The van der Waals surface area contributed by atoms with Crippen LogP contribution in [-0.4, -0.2) is 21.7 Å². The van der Waals surface area contributed by atoms with E-state index in [1.807, 2.05) is 55.5 Å². The van der Waals surface area contributed by atoms with Crippen molar-refractivity contribution >= 4 is 17.5 Å². The number of thioether (sulfide) groups is 1. The summed E-state index contributed by atoms with van der Waals surface area (Å²) in [6, 6.07) is 15.8. The summed E-state index contributed by atoms with van der Waals surface area (Å²) in [5.41, 5.74) is 4.02. The molecule has 0 spiro atoms.